The number of anilines is 1. The van der Waals surface area contributed by atoms with E-state index in [1.807, 2.05) is 24.3 Å². The van der Waals surface area contributed by atoms with Crippen LogP contribution in [0.15, 0.2) is 36.5 Å². The number of carboxylic acid groups (broad SMARTS) is 1. The van der Waals surface area contributed by atoms with Crippen molar-refractivity contribution in [1.82, 2.24) is 4.98 Å². The molecule has 6 nitrogen and oxygen atoms in total. The number of hydrogen-bond acceptors (Lipinski definition) is 3. The molecule has 0 spiro atoms. The van der Waals surface area contributed by atoms with E-state index in [1.54, 1.807) is 25.4 Å². The number of aliphatic carboxylic acids is 1. The van der Waals surface area contributed by atoms with Gasteiger partial charge in [-0.1, -0.05) is 24.1 Å². The second-order valence-electron chi connectivity index (χ2n) is 5.71. The summed E-state index contributed by atoms with van der Waals surface area (Å²) >= 11 is 0. The molecule has 0 aliphatic carbocycles. The first-order valence-corrected chi connectivity index (χ1v) is 8.19. The molecule has 1 aromatic carbocycles. The Morgan fingerprint density at radius 2 is 2.15 bits per heavy atom. The average molecular weight is 350 g/mol. The summed E-state index contributed by atoms with van der Waals surface area (Å²) < 4.78 is 5.28. The fraction of sp³-hybridized carbons (Fsp3) is 0.200. The van der Waals surface area contributed by atoms with Gasteiger partial charge in [-0.2, -0.15) is 0 Å². The molecule has 2 aromatic rings. The predicted octanol–water partition coefficient (Wildman–Crippen LogP) is 3.13. The Bertz CT molecular complexity index is 931. The number of para-hydroxylation sites is 1. The Morgan fingerprint density at radius 1 is 1.35 bits per heavy atom. The standard InChI is InChI=1S/C20H18N2O4/c1-26-18-10-11-21-16(18)13-15-14-7-4-5-8-17(14)22(20(15)25)12-6-2-3-9-19(23)24/h4-5,7-8,10-11,13,21H,2-3,9H2,1H3,(H,23,24)/b15-13-. The van der Waals surface area contributed by atoms with Crippen LogP contribution in [0.3, 0.4) is 0 Å². The largest absolute Gasteiger partial charge is 0.495 e. The minimum atomic E-state index is -0.848. The topological polar surface area (TPSA) is 82.6 Å². The molecule has 1 amide bonds. The number of nitrogens with one attached hydrogen (secondary N) is 1. The van der Waals surface area contributed by atoms with E-state index in [1.165, 1.54) is 4.90 Å². The molecule has 2 N–H and O–H groups in total. The van der Waals surface area contributed by atoms with E-state index >= 15 is 0 Å². The molecule has 6 heteroatoms. The maximum atomic E-state index is 12.9. The summed E-state index contributed by atoms with van der Waals surface area (Å²) in [5, 5.41) is 8.66. The van der Waals surface area contributed by atoms with Crippen molar-refractivity contribution in [2.75, 3.05) is 12.0 Å². The molecule has 0 fully saturated rings. The molecule has 26 heavy (non-hydrogen) atoms. The van der Waals surface area contributed by atoms with Gasteiger partial charge >= 0.3 is 5.97 Å². The van der Waals surface area contributed by atoms with Crippen LogP contribution in [0.2, 0.25) is 0 Å². The van der Waals surface area contributed by atoms with Gasteiger partial charge in [-0.25, -0.2) is 4.90 Å². The lowest BCUT2D eigenvalue weighted by Crippen LogP contribution is -2.20. The average Bonchev–Trinajstić information content (AvgIpc) is 3.19. The van der Waals surface area contributed by atoms with Crippen molar-refractivity contribution >= 4 is 29.2 Å². The Kier molecular flexibility index (Phi) is 5.09. The van der Waals surface area contributed by atoms with Gasteiger partial charge in [-0.05, 0) is 24.6 Å². The Balaban J connectivity index is 1.89. The zero-order chi connectivity index (χ0) is 18.5. The Hall–Kier alpha value is -3.46. The van der Waals surface area contributed by atoms with Gasteiger partial charge in [0, 0.05) is 30.6 Å². The highest BCUT2D eigenvalue weighted by Gasteiger charge is 2.31. The molecule has 0 radical (unpaired) electrons. The number of aromatic amines is 1. The van der Waals surface area contributed by atoms with E-state index < -0.39 is 5.97 Å². The van der Waals surface area contributed by atoms with Crippen LogP contribution in [0, 0.1) is 12.0 Å². The van der Waals surface area contributed by atoms with Crippen LogP contribution >= 0.6 is 0 Å². The van der Waals surface area contributed by atoms with Crippen molar-refractivity contribution in [3.63, 3.8) is 0 Å². The molecule has 0 bridgehead atoms. The van der Waals surface area contributed by atoms with Crippen molar-refractivity contribution in [3.8, 4) is 17.7 Å². The van der Waals surface area contributed by atoms with E-state index in [4.69, 9.17) is 9.84 Å². The second-order valence-corrected chi connectivity index (χ2v) is 5.71. The summed E-state index contributed by atoms with van der Waals surface area (Å²) in [5.74, 6) is 2.48. The summed E-state index contributed by atoms with van der Waals surface area (Å²) in [6.07, 6.45) is 4.44. The summed E-state index contributed by atoms with van der Waals surface area (Å²) in [5.41, 5.74) is 2.76. The molecular formula is C20H18N2O4. The number of aromatic nitrogens is 1. The van der Waals surface area contributed by atoms with Crippen LogP contribution in [0.5, 0.6) is 5.75 Å². The summed E-state index contributed by atoms with van der Waals surface area (Å²) in [4.78, 5) is 27.9. The summed E-state index contributed by atoms with van der Waals surface area (Å²) in [7, 11) is 1.57. The number of unbranched alkanes of at least 4 members (excludes halogenated alkanes) is 1. The summed E-state index contributed by atoms with van der Waals surface area (Å²) in [6, 6.07) is 12.1. The zero-order valence-corrected chi connectivity index (χ0v) is 14.3. The minimum absolute atomic E-state index is 0.0665. The highest BCUT2D eigenvalue weighted by Crippen LogP contribution is 2.37. The maximum absolute atomic E-state index is 12.9. The smallest absolute Gasteiger partial charge is 0.303 e. The van der Waals surface area contributed by atoms with Crippen LogP contribution in [0.4, 0.5) is 5.69 Å². The number of hydrogen-bond donors (Lipinski definition) is 2. The van der Waals surface area contributed by atoms with E-state index in [0.717, 1.165) is 11.3 Å². The monoisotopic (exact) mass is 350 g/mol. The van der Waals surface area contributed by atoms with Gasteiger partial charge in [0.15, 0.2) is 0 Å². The number of rotatable bonds is 5. The van der Waals surface area contributed by atoms with Crippen LogP contribution < -0.4 is 9.64 Å². The lowest BCUT2D eigenvalue weighted by Gasteiger charge is -2.07. The fourth-order valence-corrected chi connectivity index (χ4v) is 2.76. The molecule has 0 atom stereocenters. The van der Waals surface area contributed by atoms with Crippen molar-refractivity contribution in [2.45, 2.75) is 19.3 Å². The lowest BCUT2D eigenvalue weighted by molar-refractivity contribution is -0.137. The molecule has 3 rings (SSSR count). The molecular weight excluding hydrogens is 332 g/mol. The third-order valence-corrected chi connectivity index (χ3v) is 4.00. The van der Waals surface area contributed by atoms with Gasteiger partial charge in [0.2, 0.25) is 0 Å². The van der Waals surface area contributed by atoms with Gasteiger partial charge in [-0.15, -0.1) is 0 Å². The second kappa shape index (κ2) is 7.62. The van der Waals surface area contributed by atoms with Gasteiger partial charge in [0.1, 0.15) is 5.75 Å². The van der Waals surface area contributed by atoms with E-state index in [-0.39, 0.29) is 12.3 Å². The van der Waals surface area contributed by atoms with Crippen LogP contribution in [-0.4, -0.2) is 29.1 Å². The van der Waals surface area contributed by atoms with Crippen molar-refractivity contribution < 1.29 is 19.4 Å². The quantitative estimate of drug-likeness (QED) is 0.493. The van der Waals surface area contributed by atoms with Crippen molar-refractivity contribution in [1.29, 1.82) is 0 Å². The fourth-order valence-electron chi connectivity index (χ4n) is 2.76. The number of fused-ring (bicyclic) bond motifs is 1. The van der Waals surface area contributed by atoms with Crippen LogP contribution in [-0.2, 0) is 9.59 Å². The number of methoxy groups -OCH3 is 1. The number of benzene rings is 1. The molecule has 1 aliphatic heterocycles. The number of H-pyrrole nitrogens is 1. The lowest BCUT2D eigenvalue weighted by atomic mass is 10.1. The molecule has 0 saturated carbocycles. The molecule has 0 saturated heterocycles. The number of amides is 1. The zero-order valence-electron chi connectivity index (χ0n) is 14.3. The van der Waals surface area contributed by atoms with E-state index in [2.05, 4.69) is 16.9 Å². The van der Waals surface area contributed by atoms with E-state index in [9.17, 15) is 9.59 Å². The SMILES string of the molecule is COc1cc[nH]c1/C=C1\C(=O)N(C#CCCCC(=O)O)c2ccccc21. The van der Waals surface area contributed by atoms with Crippen LogP contribution in [0.25, 0.3) is 11.6 Å². The number of carboxylic acids is 1. The summed E-state index contributed by atoms with van der Waals surface area (Å²) in [6.45, 7) is 0. The van der Waals surface area contributed by atoms with Gasteiger partial charge in [0.25, 0.3) is 5.91 Å². The third kappa shape index (κ3) is 3.47. The maximum Gasteiger partial charge on any atom is 0.303 e. The first-order valence-electron chi connectivity index (χ1n) is 8.19. The highest BCUT2D eigenvalue weighted by molar-refractivity contribution is 6.36. The normalized spacial score (nSPS) is 14.1. The third-order valence-electron chi connectivity index (χ3n) is 4.00. The first kappa shape index (κ1) is 17.4. The molecule has 132 valence electrons. The first-order chi connectivity index (χ1) is 12.6. The van der Waals surface area contributed by atoms with Gasteiger partial charge in [-0.3, -0.25) is 9.59 Å². The number of carbonyl (C=O) groups is 2. The Morgan fingerprint density at radius 3 is 2.92 bits per heavy atom. The molecule has 2 heterocycles. The molecule has 0 unspecified atom stereocenters. The number of carbonyl (C=O) groups excluding carboxylic acids is 1. The van der Waals surface area contributed by atoms with Gasteiger partial charge < -0.3 is 14.8 Å². The Labute approximate surface area is 151 Å². The predicted molar refractivity (Wildman–Crippen MR) is 98.4 cm³/mol. The van der Waals surface area contributed by atoms with Crippen molar-refractivity contribution in [2.24, 2.45) is 0 Å². The highest BCUT2D eigenvalue weighted by atomic mass is 16.5. The van der Waals surface area contributed by atoms with E-state index in [0.29, 0.717) is 29.9 Å². The molecule has 1 aliphatic rings. The number of ether oxygens (including phenoxy) is 1. The number of nitrogens with zero attached hydrogens (tertiary/aromatic N) is 1. The van der Waals surface area contributed by atoms with Crippen LogP contribution in [0.1, 0.15) is 30.5 Å². The minimum Gasteiger partial charge on any atom is -0.495 e. The molecule has 1 aromatic heterocycles. The van der Waals surface area contributed by atoms with Gasteiger partial charge in [0.05, 0.1) is 24.1 Å². The van der Waals surface area contributed by atoms with Crippen molar-refractivity contribution in [3.05, 3.63) is 47.8 Å².